The van der Waals surface area contributed by atoms with Crippen molar-refractivity contribution in [3.63, 3.8) is 0 Å². The molecule has 2 heterocycles. The fourth-order valence-electron chi connectivity index (χ4n) is 2.45. The van der Waals surface area contributed by atoms with E-state index in [4.69, 9.17) is 0 Å². The summed E-state index contributed by atoms with van der Waals surface area (Å²) in [6, 6.07) is 1.14. The zero-order valence-corrected chi connectivity index (χ0v) is 14.3. The predicted octanol–water partition coefficient (Wildman–Crippen LogP) is 3.69. The van der Waals surface area contributed by atoms with Gasteiger partial charge in [0.05, 0.1) is 4.47 Å². The van der Waals surface area contributed by atoms with Crippen LogP contribution in [0.15, 0.2) is 15.4 Å². The van der Waals surface area contributed by atoms with Crippen molar-refractivity contribution in [1.29, 1.82) is 0 Å². The van der Waals surface area contributed by atoms with Crippen LogP contribution in [0, 0.1) is 11.9 Å². The molecule has 1 fully saturated rings. The quantitative estimate of drug-likeness (QED) is 0.448. The van der Waals surface area contributed by atoms with E-state index in [1.165, 1.54) is 0 Å². The van der Waals surface area contributed by atoms with Gasteiger partial charge in [-0.15, -0.1) is 0 Å². The van der Waals surface area contributed by atoms with Gasteiger partial charge in [0.1, 0.15) is 11.3 Å². The molecular weight excluding hydrogens is 419 g/mol. The Hall–Kier alpha value is -1.20. The van der Waals surface area contributed by atoms with Crippen molar-refractivity contribution >= 4 is 44.4 Å². The maximum absolute atomic E-state index is 14.4. The second kappa shape index (κ2) is 6.60. The lowest BCUT2D eigenvalue weighted by molar-refractivity contribution is -0.0328. The van der Waals surface area contributed by atoms with Gasteiger partial charge in [0, 0.05) is 36.5 Å². The normalized spacial score (nSPS) is 16.0. The van der Waals surface area contributed by atoms with Gasteiger partial charge >= 0.3 is 11.6 Å². The second-order valence-corrected chi connectivity index (χ2v) is 6.90. The SMILES string of the molecule is Fc1nc(N2CCNCC2)c2cc(SC(F)(F)F)c(Br)c(F)c2n1. The van der Waals surface area contributed by atoms with Gasteiger partial charge in [0.15, 0.2) is 5.82 Å². The molecule has 1 aliphatic rings. The number of alkyl halides is 3. The Morgan fingerprint density at radius 3 is 2.46 bits per heavy atom. The Bertz CT molecular complexity index is 779. The van der Waals surface area contributed by atoms with Crippen LogP contribution in [0.2, 0.25) is 0 Å². The number of anilines is 1. The maximum Gasteiger partial charge on any atom is 0.446 e. The number of hydrogen-bond donors (Lipinski definition) is 1. The summed E-state index contributed by atoms with van der Waals surface area (Å²) in [5.41, 5.74) is -4.94. The van der Waals surface area contributed by atoms with E-state index in [1.54, 1.807) is 4.90 Å². The van der Waals surface area contributed by atoms with Crippen molar-refractivity contribution in [2.75, 3.05) is 31.1 Å². The third-order valence-corrected chi connectivity index (χ3v) is 5.24. The molecule has 0 atom stereocenters. The van der Waals surface area contributed by atoms with Crippen molar-refractivity contribution < 1.29 is 22.0 Å². The van der Waals surface area contributed by atoms with Crippen molar-refractivity contribution in [1.82, 2.24) is 15.3 Å². The average molecular weight is 429 g/mol. The molecule has 130 valence electrons. The van der Waals surface area contributed by atoms with Gasteiger partial charge in [-0.25, -0.2) is 4.39 Å². The summed E-state index contributed by atoms with van der Waals surface area (Å²) in [4.78, 5) is 8.43. The number of nitrogens with zero attached hydrogens (tertiary/aromatic N) is 3. The van der Waals surface area contributed by atoms with Gasteiger partial charge in [0.2, 0.25) is 0 Å². The number of hydrogen-bond acceptors (Lipinski definition) is 5. The topological polar surface area (TPSA) is 41.1 Å². The number of aromatic nitrogens is 2. The molecule has 1 aromatic carbocycles. The number of piperazine rings is 1. The van der Waals surface area contributed by atoms with Crippen LogP contribution in [0.4, 0.5) is 27.8 Å². The van der Waals surface area contributed by atoms with Crippen LogP contribution in [-0.2, 0) is 0 Å². The van der Waals surface area contributed by atoms with Crippen molar-refractivity contribution in [2.24, 2.45) is 0 Å². The van der Waals surface area contributed by atoms with E-state index in [9.17, 15) is 22.0 Å². The summed E-state index contributed by atoms with van der Waals surface area (Å²) in [6.07, 6.45) is -1.13. The standard InChI is InChI=1S/C13H10BrF5N4S/c14-8-7(24-13(17,18)19)5-6-10(9(8)15)21-12(16)22-11(6)23-3-1-20-2-4-23/h5,20H,1-4H2. The van der Waals surface area contributed by atoms with Crippen molar-refractivity contribution in [3.05, 3.63) is 22.4 Å². The van der Waals surface area contributed by atoms with E-state index < -0.39 is 33.6 Å². The molecule has 0 amide bonds. The number of thioether (sulfide) groups is 1. The maximum atomic E-state index is 14.4. The van der Waals surface area contributed by atoms with Crippen LogP contribution in [0.25, 0.3) is 10.9 Å². The molecule has 0 aliphatic carbocycles. The Kier molecular flexibility index (Phi) is 4.85. The molecule has 2 aromatic rings. The number of nitrogens with one attached hydrogen (secondary N) is 1. The fraction of sp³-hybridized carbons (Fsp3) is 0.385. The summed E-state index contributed by atoms with van der Waals surface area (Å²) >= 11 is 2.35. The van der Waals surface area contributed by atoms with Gasteiger partial charge < -0.3 is 10.2 Å². The number of benzene rings is 1. The Morgan fingerprint density at radius 2 is 1.83 bits per heavy atom. The third-order valence-electron chi connectivity index (χ3n) is 3.43. The highest BCUT2D eigenvalue weighted by Gasteiger charge is 2.32. The van der Waals surface area contributed by atoms with E-state index in [0.717, 1.165) is 6.07 Å². The van der Waals surface area contributed by atoms with Gasteiger partial charge in [-0.1, -0.05) is 0 Å². The minimum absolute atomic E-state index is 0.0470. The van der Waals surface area contributed by atoms with E-state index in [2.05, 4.69) is 31.2 Å². The molecule has 0 bridgehead atoms. The van der Waals surface area contributed by atoms with Gasteiger partial charge in [-0.2, -0.15) is 27.5 Å². The summed E-state index contributed by atoms with van der Waals surface area (Å²) in [5, 5.41) is 3.14. The molecule has 24 heavy (non-hydrogen) atoms. The Morgan fingerprint density at radius 1 is 1.17 bits per heavy atom. The highest BCUT2D eigenvalue weighted by molar-refractivity contribution is 9.10. The van der Waals surface area contributed by atoms with E-state index in [-0.39, 0.29) is 21.6 Å². The minimum Gasteiger partial charge on any atom is -0.353 e. The highest BCUT2D eigenvalue weighted by Crippen LogP contribution is 2.44. The molecule has 0 radical (unpaired) electrons. The second-order valence-electron chi connectivity index (χ2n) is 5.00. The Labute approximate surface area is 145 Å². The molecule has 1 saturated heterocycles. The zero-order chi connectivity index (χ0) is 17.5. The first-order valence-electron chi connectivity index (χ1n) is 6.83. The molecule has 0 saturated carbocycles. The van der Waals surface area contributed by atoms with Crippen molar-refractivity contribution in [2.45, 2.75) is 10.4 Å². The van der Waals surface area contributed by atoms with E-state index in [0.29, 0.717) is 26.2 Å². The van der Waals surface area contributed by atoms with Crippen LogP contribution < -0.4 is 10.2 Å². The molecule has 11 heteroatoms. The highest BCUT2D eigenvalue weighted by atomic mass is 79.9. The summed E-state index contributed by atoms with van der Waals surface area (Å²) in [6.45, 7) is 2.17. The lowest BCUT2D eigenvalue weighted by Crippen LogP contribution is -2.44. The largest absolute Gasteiger partial charge is 0.446 e. The van der Waals surface area contributed by atoms with Crippen LogP contribution in [0.5, 0.6) is 0 Å². The molecular formula is C13H10BrF5N4S. The molecule has 0 unspecified atom stereocenters. The lowest BCUT2D eigenvalue weighted by Gasteiger charge is -2.29. The van der Waals surface area contributed by atoms with Crippen LogP contribution in [0.1, 0.15) is 0 Å². The number of fused-ring (bicyclic) bond motifs is 1. The third kappa shape index (κ3) is 3.57. The van der Waals surface area contributed by atoms with Gasteiger partial charge in [-0.3, -0.25) is 0 Å². The Balaban J connectivity index is 2.20. The zero-order valence-electron chi connectivity index (χ0n) is 11.9. The number of halogens is 6. The van der Waals surface area contributed by atoms with Crippen LogP contribution in [0.3, 0.4) is 0 Å². The lowest BCUT2D eigenvalue weighted by atomic mass is 10.2. The van der Waals surface area contributed by atoms with Crippen LogP contribution >= 0.6 is 27.7 Å². The van der Waals surface area contributed by atoms with E-state index >= 15 is 0 Å². The first-order valence-corrected chi connectivity index (χ1v) is 8.44. The first kappa shape index (κ1) is 17.6. The molecule has 0 spiro atoms. The summed E-state index contributed by atoms with van der Waals surface area (Å²) in [7, 11) is 0. The fourth-order valence-corrected chi connectivity index (χ4v) is 3.60. The van der Waals surface area contributed by atoms with Gasteiger partial charge in [0.25, 0.3) is 0 Å². The first-order chi connectivity index (χ1) is 11.3. The van der Waals surface area contributed by atoms with E-state index in [1.807, 2.05) is 0 Å². The predicted molar refractivity (Wildman–Crippen MR) is 84.1 cm³/mol. The van der Waals surface area contributed by atoms with Gasteiger partial charge in [-0.05, 0) is 33.8 Å². The monoisotopic (exact) mass is 428 g/mol. The molecule has 1 aliphatic heterocycles. The molecule has 4 nitrogen and oxygen atoms in total. The number of rotatable bonds is 2. The van der Waals surface area contributed by atoms with Crippen molar-refractivity contribution in [3.8, 4) is 0 Å². The smallest absolute Gasteiger partial charge is 0.353 e. The minimum atomic E-state index is -4.58. The molecule has 3 rings (SSSR count). The molecule has 1 N–H and O–H groups in total. The van der Waals surface area contributed by atoms with Crippen LogP contribution in [-0.4, -0.2) is 41.7 Å². The summed E-state index contributed by atoms with van der Waals surface area (Å²) in [5.74, 6) is -0.952. The average Bonchev–Trinajstić information content (AvgIpc) is 2.52. The molecule has 1 aromatic heterocycles. The summed E-state index contributed by atoms with van der Waals surface area (Å²) < 4.78 is 65.8.